The van der Waals surface area contributed by atoms with Gasteiger partial charge in [-0.25, -0.2) is 0 Å². The largest absolute Gasteiger partial charge is 0.369 e. The minimum Gasteiger partial charge on any atom is -0.369 e. The van der Waals surface area contributed by atoms with E-state index in [2.05, 4.69) is 140 Å². The number of benzene rings is 4. The van der Waals surface area contributed by atoms with Crippen molar-refractivity contribution in [2.24, 2.45) is 0 Å². The Labute approximate surface area is 365 Å². The number of halogens is 2. The number of hydrogen-bond donors (Lipinski definition) is 0. The molecule has 2 aliphatic heterocycles. The number of alkyl halides is 1. The molecule has 0 unspecified atom stereocenters. The number of aryl methyl sites for hydroxylation is 2. The molecule has 0 spiro atoms. The second-order valence-electron chi connectivity index (χ2n) is 16.3. The first-order valence-electron chi connectivity index (χ1n) is 20.2. The minimum atomic E-state index is -1.47. The molecule has 314 valence electrons. The van der Waals surface area contributed by atoms with Crippen molar-refractivity contribution in [3.63, 3.8) is 0 Å². The molecule has 4 heterocycles. The predicted molar refractivity (Wildman–Crippen MR) is 249 cm³/mol. The first-order chi connectivity index (χ1) is 28.6. The SMILES string of the molecule is C.C#C[Si](C)(C)C.Cc1nnc2n1-c1ccc(C#C[Si](C)(C)C)c(Cc3ccccc3)c1COC2.Cc1nnc2n1-c1ccc(Cl)c(Cc3ccccc3)c1COC2.[2H]CF. The van der Waals surface area contributed by atoms with E-state index < -0.39 is 23.3 Å². The predicted octanol–water partition coefficient (Wildman–Crippen LogP) is 11.0. The van der Waals surface area contributed by atoms with Crippen LogP contribution < -0.4 is 0 Å². The zero-order valence-corrected chi connectivity index (χ0v) is 38.1. The molecule has 0 saturated heterocycles. The maximum atomic E-state index is 9.96. The summed E-state index contributed by atoms with van der Waals surface area (Å²) in [6.07, 6.45) is 6.73. The standard InChI is InChI=1S/C23H25N3OSi.C18H16ClN3O.C5H10Si.CH3F.CH4/c1-17-24-25-23-16-27-15-21-20(14-18-8-6-5-7-9-18)19(12-13-28(2,3)4)10-11-22(21)26(17)23;1-12-20-21-18-11-23-10-15-14(9-13-5-3-2-4-6-13)16(19)7-8-17(15)22(12)18;1-5-6(2,3)4;1-2;/h5-11H,14-16H2,1-4H3;2-8H,9-11H2,1H3;1H,2-4H3;1H3;1H4/i;;;1D;. The van der Waals surface area contributed by atoms with Crippen LogP contribution in [-0.2, 0) is 48.7 Å². The molecule has 6 aromatic rings. The van der Waals surface area contributed by atoms with Gasteiger partial charge in [-0.2, -0.15) is 0 Å². The van der Waals surface area contributed by atoms with Crippen molar-refractivity contribution in [2.75, 3.05) is 7.15 Å². The lowest BCUT2D eigenvalue weighted by Gasteiger charge is -2.17. The average Bonchev–Trinajstić information content (AvgIpc) is 3.62. The molecular weight excluding hydrogens is 803 g/mol. The lowest BCUT2D eigenvalue weighted by molar-refractivity contribution is 0.104. The minimum absolute atomic E-state index is 0. The summed E-state index contributed by atoms with van der Waals surface area (Å²) >= 11 is 6.51. The summed E-state index contributed by atoms with van der Waals surface area (Å²) in [5.41, 5.74) is 16.7. The fourth-order valence-electron chi connectivity index (χ4n) is 6.55. The van der Waals surface area contributed by atoms with Gasteiger partial charge in [-0.1, -0.05) is 125 Å². The smallest absolute Gasteiger partial charge is 0.163 e. The topological polar surface area (TPSA) is 79.9 Å². The highest BCUT2D eigenvalue weighted by molar-refractivity contribution is 6.84. The van der Waals surface area contributed by atoms with Crippen molar-refractivity contribution in [3.05, 3.63) is 152 Å². The van der Waals surface area contributed by atoms with Gasteiger partial charge in [0.2, 0.25) is 0 Å². The van der Waals surface area contributed by atoms with Crippen LogP contribution in [0.5, 0.6) is 0 Å². The molecule has 60 heavy (non-hydrogen) atoms. The van der Waals surface area contributed by atoms with E-state index in [-0.39, 0.29) is 7.43 Å². The van der Waals surface area contributed by atoms with E-state index in [1.807, 2.05) is 44.2 Å². The van der Waals surface area contributed by atoms with Crippen molar-refractivity contribution in [1.29, 1.82) is 0 Å². The van der Waals surface area contributed by atoms with E-state index in [4.69, 9.17) is 28.9 Å². The monoisotopic (exact) mass is 861 g/mol. The summed E-state index contributed by atoms with van der Waals surface area (Å²) in [4.78, 5) is 0. The maximum absolute atomic E-state index is 9.96. The van der Waals surface area contributed by atoms with Gasteiger partial charge in [0.25, 0.3) is 0 Å². The molecule has 8 rings (SSSR count). The van der Waals surface area contributed by atoms with Gasteiger partial charge >= 0.3 is 0 Å². The first kappa shape index (κ1) is 45.9. The number of terminal acetylenes is 1. The van der Waals surface area contributed by atoms with Gasteiger partial charge in [-0.15, -0.1) is 37.9 Å². The number of ether oxygens (including phenoxy) is 2. The Morgan fingerprint density at radius 1 is 0.683 bits per heavy atom. The molecule has 2 aromatic heterocycles. The Morgan fingerprint density at radius 2 is 1.12 bits per heavy atom. The zero-order valence-electron chi connectivity index (χ0n) is 36.4. The highest BCUT2D eigenvalue weighted by Crippen LogP contribution is 2.33. The molecular formula is C48H58ClFN6O2Si2. The quantitative estimate of drug-likeness (QED) is 0.130. The van der Waals surface area contributed by atoms with E-state index in [0.29, 0.717) is 26.4 Å². The third-order valence-electron chi connectivity index (χ3n) is 9.43. The lowest BCUT2D eigenvalue weighted by atomic mass is 9.93. The third kappa shape index (κ3) is 12.2. The van der Waals surface area contributed by atoms with Crippen molar-refractivity contribution in [2.45, 2.75) is 99.8 Å². The fraction of sp³-hybridized carbons (Fsp3) is 0.333. The van der Waals surface area contributed by atoms with Crippen molar-refractivity contribution in [3.8, 4) is 34.8 Å². The molecule has 0 saturated carbocycles. The van der Waals surface area contributed by atoms with Crippen molar-refractivity contribution < 1.29 is 15.2 Å². The van der Waals surface area contributed by atoms with Gasteiger partial charge in [0.15, 0.2) is 11.6 Å². The average molecular weight is 863 g/mol. The molecule has 0 bridgehead atoms. The summed E-state index contributed by atoms with van der Waals surface area (Å²) in [6.45, 7) is 19.2. The number of rotatable bonds is 4. The van der Waals surface area contributed by atoms with E-state index in [1.165, 1.54) is 22.3 Å². The second-order valence-corrected chi connectivity index (χ2v) is 26.3. The molecule has 12 heteroatoms. The Morgan fingerprint density at radius 3 is 1.57 bits per heavy atom. The molecule has 0 fully saturated rings. The van der Waals surface area contributed by atoms with Gasteiger partial charge in [-0.05, 0) is 73.2 Å². The third-order valence-corrected chi connectivity index (χ3v) is 11.5. The summed E-state index contributed by atoms with van der Waals surface area (Å²) in [5.74, 6) is 6.91. The molecule has 0 atom stereocenters. The Bertz CT molecular complexity index is 2480. The van der Waals surface area contributed by atoms with Gasteiger partial charge in [0.1, 0.15) is 41.0 Å². The van der Waals surface area contributed by atoms with E-state index >= 15 is 0 Å². The van der Waals surface area contributed by atoms with Gasteiger partial charge < -0.3 is 9.47 Å². The Hall–Kier alpha value is -5.15. The first-order valence-corrected chi connectivity index (χ1v) is 26.9. The molecule has 2 aliphatic rings. The Kier molecular flexibility index (Phi) is 16.4. The summed E-state index contributed by atoms with van der Waals surface area (Å²) in [6, 6.07) is 29.2. The summed E-state index contributed by atoms with van der Waals surface area (Å²) in [5, 5.41) is 17.7. The lowest BCUT2D eigenvalue weighted by Crippen LogP contribution is -2.16. The molecule has 0 aliphatic carbocycles. The number of nitrogens with zero attached hydrogens (tertiary/aromatic N) is 6. The van der Waals surface area contributed by atoms with E-state index in [9.17, 15) is 4.39 Å². The molecule has 8 nitrogen and oxygen atoms in total. The molecule has 0 N–H and O–H groups in total. The van der Waals surface area contributed by atoms with Gasteiger partial charge in [0, 0.05) is 21.7 Å². The van der Waals surface area contributed by atoms with Crippen molar-refractivity contribution in [1.82, 2.24) is 29.5 Å². The van der Waals surface area contributed by atoms with Crippen LogP contribution in [0, 0.1) is 37.3 Å². The molecule has 0 amide bonds. The van der Waals surface area contributed by atoms with E-state index in [1.54, 1.807) is 0 Å². The van der Waals surface area contributed by atoms with Gasteiger partial charge in [0.05, 0.1) is 33.1 Å². The van der Waals surface area contributed by atoms with Crippen LogP contribution in [0.2, 0.25) is 44.3 Å². The number of aromatic nitrogens is 6. The van der Waals surface area contributed by atoms with Gasteiger partial charge in [-0.3, -0.25) is 13.5 Å². The van der Waals surface area contributed by atoms with Crippen LogP contribution in [0.4, 0.5) is 4.39 Å². The number of fused-ring (bicyclic) bond motifs is 6. The van der Waals surface area contributed by atoms with Crippen molar-refractivity contribution >= 4 is 27.7 Å². The van der Waals surface area contributed by atoms with E-state index in [0.717, 1.165) is 69.2 Å². The van der Waals surface area contributed by atoms with Crippen LogP contribution in [0.1, 0.15) is 71.0 Å². The normalized spacial score (nSPS) is 12.6. The zero-order chi connectivity index (χ0) is 43.5. The van der Waals surface area contributed by atoms with Crippen LogP contribution >= 0.6 is 11.6 Å². The van der Waals surface area contributed by atoms with Crippen LogP contribution in [0.25, 0.3) is 11.4 Å². The summed E-state index contributed by atoms with van der Waals surface area (Å²) in [7, 11) is -3.58. The molecule has 4 aromatic carbocycles. The van der Waals surface area contributed by atoms with Crippen LogP contribution in [0.15, 0.2) is 84.9 Å². The Balaban J connectivity index is 0.000000224. The summed E-state index contributed by atoms with van der Waals surface area (Å²) < 4.78 is 31.5. The molecule has 0 radical (unpaired) electrons. The van der Waals surface area contributed by atoms with Crippen LogP contribution in [0.3, 0.4) is 0 Å². The number of hydrogen-bond acceptors (Lipinski definition) is 6. The van der Waals surface area contributed by atoms with Crippen LogP contribution in [-0.4, -0.2) is 52.8 Å². The highest BCUT2D eigenvalue weighted by atomic mass is 35.5. The second kappa shape index (κ2) is 21.4. The highest BCUT2D eigenvalue weighted by Gasteiger charge is 2.24. The maximum Gasteiger partial charge on any atom is 0.163 e. The fourth-order valence-corrected chi connectivity index (χ4v) is 7.31.